The quantitative estimate of drug-likeness (QED) is 0.803. The third-order valence-electron chi connectivity index (χ3n) is 2.41. The number of carbonyl (C=O) groups is 1. The highest BCUT2D eigenvalue weighted by molar-refractivity contribution is 7.84. The minimum atomic E-state index is -0.898. The van der Waals surface area contributed by atoms with Gasteiger partial charge < -0.3 is 11.1 Å². The zero-order valence-corrected chi connectivity index (χ0v) is 10.9. The Labute approximate surface area is 104 Å². The molecule has 0 aliphatic carbocycles. The van der Waals surface area contributed by atoms with E-state index in [1.807, 2.05) is 31.2 Å². The van der Waals surface area contributed by atoms with Crippen LogP contribution in [0.3, 0.4) is 0 Å². The van der Waals surface area contributed by atoms with Crippen LogP contribution in [0.25, 0.3) is 0 Å². The van der Waals surface area contributed by atoms with Crippen molar-refractivity contribution < 1.29 is 9.00 Å². The molecule has 1 amide bonds. The molecular weight excluding hydrogens is 236 g/mol. The molecule has 0 saturated heterocycles. The molecule has 5 heteroatoms. The lowest BCUT2D eigenvalue weighted by Crippen LogP contribution is -2.36. The molecule has 3 N–H and O–H groups in total. The summed E-state index contributed by atoms with van der Waals surface area (Å²) >= 11 is 0. The van der Waals surface area contributed by atoms with Crippen LogP contribution in [0.1, 0.15) is 17.2 Å². The zero-order chi connectivity index (χ0) is 12.8. The first-order chi connectivity index (χ1) is 8.00. The van der Waals surface area contributed by atoms with Crippen LogP contribution in [0.2, 0.25) is 0 Å². The van der Waals surface area contributed by atoms with Gasteiger partial charge >= 0.3 is 0 Å². The Morgan fingerprint density at radius 2 is 2.00 bits per heavy atom. The van der Waals surface area contributed by atoms with Gasteiger partial charge in [0.15, 0.2) is 0 Å². The number of hydrogen-bond acceptors (Lipinski definition) is 3. The smallest absolute Gasteiger partial charge is 0.241 e. The fourth-order valence-electron chi connectivity index (χ4n) is 1.35. The second kappa shape index (κ2) is 6.51. The summed E-state index contributed by atoms with van der Waals surface area (Å²) in [7, 11) is -0.898. The molecule has 0 aliphatic heterocycles. The molecule has 0 heterocycles. The molecule has 2 atom stereocenters. The van der Waals surface area contributed by atoms with Gasteiger partial charge in [0, 0.05) is 29.4 Å². The fourth-order valence-corrected chi connectivity index (χ4v) is 1.74. The summed E-state index contributed by atoms with van der Waals surface area (Å²) in [5, 5.41) is 2.67. The van der Waals surface area contributed by atoms with Gasteiger partial charge in [-0.15, -0.1) is 0 Å². The summed E-state index contributed by atoms with van der Waals surface area (Å²) in [6.07, 6.45) is 1.60. The summed E-state index contributed by atoms with van der Waals surface area (Å²) in [6, 6.07) is 6.86. The van der Waals surface area contributed by atoms with Crippen molar-refractivity contribution in [1.29, 1.82) is 0 Å². The molecule has 94 valence electrons. The summed E-state index contributed by atoms with van der Waals surface area (Å²) in [5.74, 6) is 0.214. The van der Waals surface area contributed by atoms with E-state index in [0.717, 1.165) is 11.1 Å². The predicted octanol–water partition coefficient (Wildman–Crippen LogP) is 0.490. The van der Waals surface area contributed by atoms with Crippen LogP contribution in [0, 0.1) is 6.92 Å². The largest absolute Gasteiger partial charge is 0.354 e. The van der Waals surface area contributed by atoms with E-state index < -0.39 is 16.8 Å². The third-order valence-corrected chi connectivity index (χ3v) is 3.19. The first kappa shape index (κ1) is 13.9. The van der Waals surface area contributed by atoms with Gasteiger partial charge in [-0.25, -0.2) is 0 Å². The minimum absolute atomic E-state index is 0.237. The number of nitrogens with one attached hydrogen (secondary N) is 1. The van der Waals surface area contributed by atoms with Crippen molar-refractivity contribution in [3.63, 3.8) is 0 Å². The van der Waals surface area contributed by atoms with Crippen molar-refractivity contribution in [3.05, 3.63) is 35.4 Å². The van der Waals surface area contributed by atoms with E-state index in [4.69, 9.17) is 5.73 Å². The average Bonchev–Trinajstić information content (AvgIpc) is 2.28. The van der Waals surface area contributed by atoms with Gasteiger partial charge in [-0.2, -0.15) is 0 Å². The molecule has 0 spiro atoms. The van der Waals surface area contributed by atoms with Crippen LogP contribution < -0.4 is 11.1 Å². The Balaban J connectivity index is 2.51. The van der Waals surface area contributed by atoms with Crippen LogP contribution >= 0.6 is 0 Å². The van der Waals surface area contributed by atoms with E-state index in [0.29, 0.717) is 12.3 Å². The molecular formula is C12H18N2O2S. The lowest BCUT2D eigenvalue weighted by molar-refractivity contribution is -0.122. The SMILES string of the molecule is Cc1ccc(C(N)C(=O)NCCS(C)=O)cc1. The fraction of sp³-hybridized carbons (Fsp3) is 0.417. The highest BCUT2D eigenvalue weighted by Crippen LogP contribution is 2.11. The van der Waals surface area contributed by atoms with E-state index in [1.54, 1.807) is 6.26 Å². The number of hydrogen-bond donors (Lipinski definition) is 2. The van der Waals surface area contributed by atoms with Crippen molar-refractivity contribution in [2.24, 2.45) is 5.73 Å². The molecule has 1 aromatic rings. The van der Waals surface area contributed by atoms with E-state index in [1.165, 1.54) is 0 Å². The summed E-state index contributed by atoms with van der Waals surface area (Å²) in [6.45, 7) is 2.37. The van der Waals surface area contributed by atoms with Gasteiger partial charge in [0.25, 0.3) is 0 Å². The minimum Gasteiger partial charge on any atom is -0.354 e. The Bertz CT molecular complexity index is 403. The van der Waals surface area contributed by atoms with Crippen molar-refractivity contribution in [2.75, 3.05) is 18.6 Å². The number of rotatable bonds is 5. The molecule has 0 aromatic heterocycles. The average molecular weight is 254 g/mol. The number of benzene rings is 1. The van der Waals surface area contributed by atoms with E-state index in [9.17, 15) is 9.00 Å². The molecule has 0 aliphatic rings. The van der Waals surface area contributed by atoms with Crippen LogP contribution in [0.4, 0.5) is 0 Å². The highest BCUT2D eigenvalue weighted by atomic mass is 32.2. The molecule has 1 aromatic carbocycles. The molecule has 1 rings (SSSR count). The van der Waals surface area contributed by atoms with Crippen molar-refractivity contribution >= 4 is 16.7 Å². The number of amides is 1. The molecule has 4 nitrogen and oxygen atoms in total. The highest BCUT2D eigenvalue weighted by Gasteiger charge is 2.14. The lowest BCUT2D eigenvalue weighted by Gasteiger charge is -2.12. The maximum Gasteiger partial charge on any atom is 0.241 e. The van der Waals surface area contributed by atoms with Gasteiger partial charge in [-0.05, 0) is 12.5 Å². The lowest BCUT2D eigenvalue weighted by atomic mass is 10.1. The van der Waals surface area contributed by atoms with Gasteiger partial charge in [0.1, 0.15) is 6.04 Å². The van der Waals surface area contributed by atoms with Crippen molar-refractivity contribution in [3.8, 4) is 0 Å². The molecule has 0 fully saturated rings. The summed E-state index contributed by atoms with van der Waals surface area (Å²) in [5.41, 5.74) is 7.73. The Kier molecular flexibility index (Phi) is 5.31. The van der Waals surface area contributed by atoms with Gasteiger partial charge in [0.2, 0.25) is 5.91 Å². The normalized spacial score (nSPS) is 14.1. The third kappa shape index (κ3) is 4.66. The van der Waals surface area contributed by atoms with Gasteiger partial charge in [-0.1, -0.05) is 29.8 Å². The van der Waals surface area contributed by atoms with E-state index >= 15 is 0 Å². The Morgan fingerprint density at radius 1 is 1.41 bits per heavy atom. The topological polar surface area (TPSA) is 72.2 Å². The molecule has 0 saturated carbocycles. The first-order valence-corrected chi connectivity index (χ1v) is 7.13. The summed E-state index contributed by atoms with van der Waals surface area (Å²) in [4.78, 5) is 11.7. The molecule has 17 heavy (non-hydrogen) atoms. The van der Waals surface area contributed by atoms with Crippen molar-refractivity contribution in [1.82, 2.24) is 5.32 Å². The maximum absolute atomic E-state index is 11.7. The number of aryl methyl sites for hydroxylation is 1. The van der Waals surface area contributed by atoms with Crippen LogP contribution in [0.5, 0.6) is 0 Å². The number of carbonyl (C=O) groups excluding carboxylic acids is 1. The maximum atomic E-state index is 11.7. The van der Waals surface area contributed by atoms with Crippen LogP contribution in [-0.2, 0) is 15.6 Å². The first-order valence-electron chi connectivity index (χ1n) is 5.40. The second-order valence-electron chi connectivity index (χ2n) is 3.96. The molecule has 0 bridgehead atoms. The summed E-state index contributed by atoms with van der Waals surface area (Å²) < 4.78 is 10.8. The van der Waals surface area contributed by atoms with E-state index in [2.05, 4.69) is 5.32 Å². The second-order valence-corrected chi connectivity index (χ2v) is 5.51. The van der Waals surface area contributed by atoms with Crippen LogP contribution in [0.15, 0.2) is 24.3 Å². The zero-order valence-electron chi connectivity index (χ0n) is 10.1. The number of nitrogens with two attached hydrogens (primary N) is 1. The van der Waals surface area contributed by atoms with Gasteiger partial charge in [0.05, 0.1) is 0 Å². The Morgan fingerprint density at radius 3 is 2.53 bits per heavy atom. The predicted molar refractivity (Wildman–Crippen MR) is 70.1 cm³/mol. The van der Waals surface area contributed by atoms with E-state index in [-0.39, 0.29) is 5.91 Å². The standard InChI is InChI=1S/C12H18N2O2S/c1-9-3-5-10(6-4-9)11(13)12(15)14-7-8-17(2)16/h3-6,11H,7-8,13H2,1-2H3,(H,14,15). The van der Waals surface area contributed by atoms with Crippen molar-refractivity contribution in [2.45, 2.75) is 13.0 Å². The van der Waals surface area contributed by atoms with Gasteiger partial charge in [-0.3, -0.25) is 9.00 Å². The molecule has 0 radical (unpaired) electrons. The molecule has 2 unspecified atom stereocenters. The monoisotopic (exact) mass is 254 g/mol. The Hall–Kier alpha value is -1.20. The van der Waals surface area contributed by atoms with Crippen LogP contribution in [-0.4, -0.2) is 28.7 Å².